The molecule has 3 aromatic rings. The number of hydrogen-bond donors (Lipinski definition) is 2. The third-order valence-electron chi connectivity index (χ3n) is 4.10. The molecule has 0 spiro atoms. The second-order valence-corrected chi connectivity index (χ2v) is 5.83. The first kappa shape index (κ1) is 16.8. The minimum atomic E-state index is -0.230. The van der Waals surface area contributed by atoms with Crippen LogP contribution < -0.4 is 15.4 Å². The molecule has 2 N–H and O–H groups in total. The number of nitrogens with zero attached hydrogens (tertiary/aromatic N) is 1. The Labute approximate surface area is 147 Å². The number of aromatic nitrogens is 1. The summed E-state index contributed by atoms with van der Waals surface area (Å²) in [5.74, 6) is 0.519. The van der Waals surface area contributed by atoms with Crippen LogP contribution in [0.4, 0.5) is 4.79 Å². The van der Waals surface area contributed by atoms with Crippen LogP contribution in [-0.2, 0) is 6.54 Å². The predicted molar refractivity (Wildman–Crippen MR) is 98.5 cm³/mol. The number of methoxy groups -OCH3 is 1. The van der Waals surface area contributed by atoms with Gasteiger partial charge in [-0.3, -0.25) is 0 Å². The molecular weight excluding hydrogens is 314 g/mol. The van der Waals surface area contributed by atoms with Crippen LogP contribution in [0, 0.1) is 0 Å². The number of carbonyl (C=O) groups is 1. The van der Waals surface area contributed by atoms with E-state index < -0.39 is 0 Å². The highest BCUT2D eigenvalue weighted by Gasteiger charge is 2.11. The summed E-state index contributed by atoms with van der Waals surface area (Å²) in [5.41, 5.74) is 1.89. The Kier molecular flexibility index (Phi) is 5.14. The third-order valence-corrected chi connectivity index (χ3v) is 4.10. The van der Waals surface area contributed by atoms with Crippen molar-refractivity contribution in [3.05, 3.63) is 71.9 Å². The average Bonchev–Trinajstić information content (AvgIpc) is 2.66. The van der Waals surface area contributed by atoms with Gasteiger partial charge in [-0.1, -0.05) is 42.5 Å². The van der Waals surface area contributed by atoms with Crippen molar-refractivity contribution in [2.75, 3.05) is 7.11 Å². The standard InChI is InChI=1S/C20H21N3O2/c1-14(16-10-9-15-6-3-4-7-17(15)12-16)23-20(24)22-13-18-8-5-11-21-19(18)25-2/h3-12,14H,13H2,1-2H3,(H2,22,23,24). The number of rotatable bonds is 5. The number of carbonyl (C=O) groups excluding carboxylic acids is 1. The van der Waals surface area contributed by atoms with Gasteiger partial charge in [-0.25, -0.2) is 9.78 Å². The van der Waals surface area contributed by atoms with Gasteiger partial charge >= 0.3 is 6.03 Å². The average molecular weight is 335 g/mol. The molecule has 5 heteroatoms. The van der Waals surface area contributed by atoms with Crippen LogP contribution in [0.3, 0.4) is 0 Å². The van der Waals surface area contributed by atoms with Crippen molar-refractivity contribution >= 4 is 16.8 Å². The van der Waals surface area contributed by atoms with Gasteiger partial charge in [0.25, 0.3) is 0 Å². The first-order valence-electron chi connectivity index (χ1n) is 8.18. The molecule has 0 saturated heterocycles. The molecule has 1 unspecified atom stereocenters. The lowest BCUT2D eigenvalue weighted by atomic mass is 10.0. The summed E-state index contributed by atoms with van der Waals surface area (Å²) >= 11 is 0. The van der Waals surface area contributed by atoms with E-state index in [1.165, 1.54) is 5.39 Å². The number of amides is 2. The fourth-order valence-corrected chi connectivity index (χ4v) is 2.73. The van der Waals surface area contributed by atoms with Gasteiger partial charge in [-0.15, -0.1) is 0 Å². The number of hydrogen-bond acceptors (Lipinski definition) is 3. The molecule has 25 heavy (non-hydrogen) atoms. The van der Waals surface area contributed by atoms with Gasteiger partial charge in [0.2, 0.25) is 5.88 Å². The van der Waals surface area contributed by atoms with E-state index in [0.717, 1.165) is 16.5 Å². The molecule has 0 aliphatic carbocycles. The van der Waals surface area contributed by atoms with Crippen molar-refractivity contribution in [1.82, 2.24) is 15.6 Å². The Morgan fingerprint density at radius 3 is 2.72 bits per heavy atom. The van der Waals surface area contributed by atoms with E-state index in [0.29, 0.717) is 12.4 Å². The van der Waals surface area contributed by atoms with E-state index in [-0.39, 0.29) is 12.1 Å². The minimum absolute atomic E-state index is 0.0969. The van der Waals surface area contributed by atoms with Crippen molar-refractivity contribution < 1.29 is 9.53 Å². The van der Waals surface area contributed by atoms with E-state index in [2.05, 4.69) is 39.9 Å². The van der Waals surface area contributed by atoms with E-state index in [1.54, 1.807) is 13.3 Å². The summed E-state index contributed by atoms with van der Waals surface area (Å²) in [4.78, 5) is 16.3. The van der Waals surface area contributed by atoms with Gasteiger partial charge in [-0.2, -0.15) is 0 Å². The number of fused-ring (bicyclic) bond motifs is 1. The highest BCUT2D eigenvalue weighted by atomic mass is 16.5. The number of pyridine rings is 1. The van der Waals surface area contributed by atoms with Gasteiger partial charge in [0.1, 0.15) is 0 Å². The monoisotopic (exact) mass is 335 g/mol. The molecule has 0 radical (unpaired) electrons. The van der Waals surface area contributed by atoms with Crippen molar-refractivity contribution in [2.45, 2.75) is 19.5 Å². The Morgan fingerprint density at radius 1 is 1.12 bits per heavy atom. The van der Waals surface area contributed by atoms with Gasteiger partial charge in [0, 0.05) is 18.3 Å². The Hall–Kier alpha value is -3.08. The molecular formula is C20H21N3O2. The lowest BCUT2D eigenvalue weighted by molar-refractivity contribution is 0.237. The molecule has 0 fully saturated rings. The number of urea groups is 1. The normalized spacial score (nSPS) is 11.8. The number of ether oxygens (including phenoxy) is 1. The second kappa shape index (κ2) is 7.66. The van der Waals surface area contributed by atoms with Crippen molar-refractivity contribution in [3.8, 4) is 5.88 Å². The van der Waals surface area contributed by atoms with Crippen LogP contribution >= 0.6 is 0 Å². The van der Waals surface area contributed by atoms with E-state index >= 15 is 0 Å². The lowest BCUT2D eigenvalue weighted by Gasteiger charge is -2.16. The van der Waals surface area contributed by atoms with Crippen LogP contribution in [0.2, 0.25) is 0 Å². The molecule has 1 heterocycles. The summed E-state index contributed by atoms with van der Waals surface area (Å²) in [7, 11) is 1.56. The first-order valence-corrected chi connectivity index (χ1v) is 8.18. The second-order valence-electron chi connectivity index (χ2n) is 5.83. The largest absolute Gasteiger partial charge is 0.481 e. The van der Waals surface area contributed by atoms with Crippen molar-refractivity contribution in [1.29, 1.82) is 0 Å². The SMILES string of the molecule is COc1ncccc1CNC(=O)NC(C)c1ccc2ccccc2c1. The Balaban J connectivity index is 1.61. The topological polar surface area (TPSA) is 63.2 Å². The molecule has 2 amide bonds. The summed E-state index contributed by atoms with van der Waals surface area (Å²) in [6.07, 6.45) is 1.66. The Bertz CT molecular complexity index is 879. The predicted octanol–water partition coefficient (Wildman–Crippen LogP) is 3.80. The van der Waals surface area contributed by atoms with Gasteiger partial charge < -0.3 is 15.4 Å². The molecule has 1 aromatic heterocycles. The van der Waals surface area contributed by atoms with E-state index in [9.17, 15) is 4.79 Å². The van der Waals surface area contributed by atoms with Gasteiger partial charge in [-0.05, 0) is 35.4 Å². The molecule has 0 aliphatic heterocycles. The number of benzene rings is 2. The molecule has 0 saturated carbocycles. The van der Waals surface area contributed by atoms with Crippen molar-refractivity contribution in [2.24, 2.45) is 0 Å². The van der Waals surface area contributed by atoms with E-state index in [1.807, 2.05) is 37.3 Å². The van der Waals surface area contributed by atoms with Crippen LogP contribution in [0.5, 0.6) is 5.88 Å². The van der Waals surface area contributed by atoms with Crippen molar-refractivity contribution in [3.63, 3.8) is 0 Å². The van der Waals surface area contributed by atoms with E-state index in [4.69, 9.17) is 4.74 Å². The van der Waals surface area contributed by atoms with Crippen LogP contribution in [0.25, 0.3) is 10.8 Å². The number of nitrogens with one attached hydrogen (secondary N) is 2. The molecule has 0 bridgehead atoms. The van der Waals surface area contributed by atoms with Gasteiger partial charge in [0.05, 0.1) is 13.2 Å². The van der Waals surface area contributed by atoms with Crippen LogP contribution in [-0.4, -0.2) is 18.1 Å². The highest BCUT2D eigenvalue weighted by molar-refractivity contribution is 5.83. The summed E-state index contributed by atoms with van der Waals surface area (Å²) in [5, 5.41) is 8.15. The Morgan fingerprint density at radius 2 is 1.92 bits per heavy atom. The maximum Gasteiger partial charge on any atom is 0.315 e. The fourth-order valence-electron chi connectivity index (χ4n) is 2.73. The zero-order valence-electron chi connectivity index (χ0n) is 14.3. The summed E-state index contributed by atoms with van der Waals surface area (Å²) < 4.78 is 5.19. The summed E-state index contributed by atoms with van der Waals surface area (Å²) in [6.45, 7) is 2.32. The lowest BCUT2D eigenvalue weighted by Crippen LogP contribution is -2.36. The molecule has 3 rings (SSSR count). The quantitative estimate of drug-likeness (QED) is 0.745. The molecule has 2 aromatic carbocycles. The molecule has 0 aliphatic rings. The smallest absolute Gasteiger partial charge is 0.315 e. The fraction of sp³-hybridized carbons (Fsp3) is 0.200. The molecule has 5 nitrogen and oxygen atoms in total. The van der Waals surface area contributed by atoms with Crippen LogP contribution in [0.15, 0.2) is 60.8 Å². The van der Waals surface area contributed by atoms with Crippen LogP contribution in [0.1, 0.15) is 24.1 Å². The molecule has 1 atom stereocenters. The maximum absolute atomic E-state index is 12.2. The minimum Gasteiger partial charge on any atom is -0.481 e. The zero-order chi connectivity index (χ0) is 17.6. The maximum atomic E-state index is 12.2. The third kappa shape index (κ3) is 4.07. The van der Waals surface area contributed by atoms with Gasteiger partial charge in [0.15, 0.2) is 0 Å². The summed E-state index contributed by atoms with van der Waals surface area (Å²) in [6, 6.07) is 17.7. The molecule has 128 valence electrons. The highest BCUT2D eigenvalue weighted by Crippen LogP contribution is 2.20. The first-order chi connectivity index (χ1) is 12.2. The zero-order valence-corrected chi connectivity index (χ0v) is 14.3.